The maximum atomic E-state index is 11.5. The van der Waals surface area contributed by atoms with E-state index in [4.69, 9.17) is 0 Å². The molecule has 0 spiro atoms. The molecule has 1 saturated heterocycles. The standard InChI is InChI=1S/C13H17N3O3/c17-13-11(5-3-8-15-13)14-9-7-10-4-1-2-6-12(10)16(18)19/h1-2,4,6,11,14H,3,5,7-9H2,(H,15,17). The van der Waals surface area contributed by atoms with E-state index in [1.54, 1.807) is 18.2 Å². The van der Waals surface area contributed by atoms with Crippen LogP contribution in [0.2, 0.25) is 0 Å². The number of carbonyl (C=O) groups excluding carboxylic acids is 1. The van der Waals surface area contributed by atoms with Gasteiger partial charge in [-0.3, -0.25) is 14.9 Å². The van der Waals surface area contributed by atoms with Crippen LogP contribution < -0.4 is 10.6 Å². The molecule has 6 nitrogen and oxygen atoms in total. The van der Waals surface area contributed by atoms with Gasteiger partial charge in [-0.25, -0.2) is 0 Å². The van der Waals surface area contributed by atoms with Crippen LogP contribution in [0.15, 0.2) is 24.3 Å². The Kier molecular flexibility index (Phi) is 4.46. The largest absolute Gasteiger partial charge is 0.355 e. The number of hydrogen-bond acceptors (Lipinski definition) is 4. The van der Waals surface area contributed by atoms with E-state index in [1.165, 1.54) is 6.07 Å². The predicted molar refractivity (Wildman–Crippen MR) is 70.8 cm³/mol. The second-order valence-electron chi connectivity index (χ2n) is 4.58. The SMILES string of the molecule is O=C1NCCCC1NCCc1ccccc1[N+](=O)[O-]. The van der Waals surface area contributed by atoms with Gasteiger partial charge in [0.1, 0.15) is 0 Å². The van der Waals surface area contributed by atoms with E-state index in [9.17, 15) is 14.9 Å². The number of nitro groups is 1. The highest BCUT2D eigenvalue weighted by molar-refractivity contribution is 5.82. The topological polar surface area (TPSA) is 84.3 Å². The third-order valence-electron chi connectivity index (χ3n) is 3.26. The second-order valence-corrected chi connectivity index (χ2v) is 4.58. The Morgan fingerprint density at radius 2 is 2.21 bits per heavy atom. The summed E-state index contributed by atoms with van der Waals surface area (Å²) in [5, 5.41) is 16.8. The molecule has 2 rings (SSSR count). The molecule has 1 atom stereocenters. The number of carbonyl (C=O) groups is 1. The van der Waals surface area contributed by atoms with E-state index in [0.29, 0.717) is 18.5 Å². The summed E-state index contributed by atoms with van der Waals surface area (Å²) in [7, 11) is 0. The lowest BCUT2D eigenvalue weighted by Crippen LogP contribution is -2.48. The first-order valence-corrected chi connectivity index (χ1v) is 6.42. The number of piperidine rings is 1. The fraction of sp³-hybridized carbons (Fsp3) is 0.462. The number of nitro benzene ring substituents is 1. The van der Waals surface area contributed by atoms with Gasteiger partial charge in [0.05, 0.1) is 11.0 Å². The van der Waals surface area contributed by atoms with Crippen LogP contribution in [0.5, 0.6) is 0 Å². The zero-order chi connectivity index (χ0) is 13.7. The third-order valence-corrected chi connectivity index (χ3v) is 3.26. The lowest BCUT2D eigenvalue weighted by molar-refractivity contribution is -0.385. The van der Waals surface area contributed by atoms with Gasteiger partial charge in [0.2, 0.25) is 5.91 Å². The highest BCUT2D eigenvalue weighted by atomic mass is 16.6. The molecule has 1 fully saturated rings. The first kappa shape index (κ1) is 13.5. The van der Waals surface area contributed by atoms with Crippen LogP contribution in [-0.2, 0) is 11.2 Å². The molecule has 1 amide bonds. The molecule has 0 aliphatic carbocycles. The Hall–Kier alpha value is -1.95. The average molecular weight is 263 g/mol. The average Bonchev–Trinajstić information content (AvgIpc) is 2.41. The molecule has 1 aromatic carbocycles. The highest BCUT2D eigenvalue weighted by Gasteiger charge is 2.21. The highest BCUT2D eigenvalue weighted by Crippen LogP contribution is 2.17. The zero-order valence-electron chi connectivity index (χ0n) is 10.6. The Balaban J connectivity index is 1.89. The van der Waals surface area contributed by atoms with E-state index >= 15 is 0 Å². The van der Waals surface area contributed by atoms with Gasteiger partial charge in [0, 0.05) is 24.7 Å². The zero-order valence-corrected chi connectivity index (χ0v) is 10.6. The maximum Gasteiger partial charge on any atom is 0.272 e. The van der Waals surface area contributed by atoms with Gasteiger partial charge < -0.3 is 10.6 Å². The van der Waals surface area contributed by atoms with E-state index in [-0.39, 0.29) is 22.6 Å². The summed E-state index contributed by atoms with van der Waals surface area (Å²) in [6.07, 6.45) is 2.33. The number of rotatable bonds is 5. The van der Waals surface area contributed by atoms with Crippen LogP contribution in [0.3, 0.4) is 0 Å². The van der Waals surface area contributed by atoms with E-state index in [2.05, 4.69) is 10.6 Å². The van der Waals surface area contributed by atoms with Crippen molar-refractivity contribution in [2.24, 2.45) is 0 Å². The first-order valence-electron chi connectivity index (χ1n) is 6.42. The van der Waals surface area contributed by atoms with Crippen LogP contribution in [0, 0.1) is 10.1 Å². The molecule has 102 valence electrons. The van der Waals surface area contributed by atoms with Crippen molar-refractivity contribution in [2.45, 2.75) is 25.3 Å². The van der Waals surface area contributed by atoms with Gasteiger partial charge in [-0.15, -0.1) is 0 Å². The van der Waals surface area contributed by atoms with Crippen molar-refractivity contribution in [3.63, 3.8) is 0 Å². The maximum absolute atomic E-state index is 11.5. The minimum atomic E-state index is -0.372. The molecule has 1 aliphatic heterocycles. The lowest BCUT2D eigenvalue weighted by atomic mass is 10.1. The number of nitrogens with one attached hydrogen (secondary N) is 2. The molecular weight excluding hydrogens is 246 g/mol. The van der Waals surface area contributed by atoms with Gasteiger partial charge in [-0.1, -0.05) is 18.2 Å². The molecule has 0 saturated carbocycles. The molecule has 1 aromatic rings. The smallest absolute Gasteiger partial charge is 0.272 e. The normalized spacial score (nSPS) is 18.9. The molecule has 1 heterocycles. The van der Waals surface area contributed by atoms with Gasteiger partial charge >= 0.3 is 0 Å². The second kappa shape index (κ2) is 6.29. The van der Waals surface area contributed by atoms with Gasteiger partial charge in [-0.05, 0) is 19.3 Å². The number of amides is 1. The quantitative estimate of drug-likeness (QED) is 0.613. The van der Waals surface area contributed by atoms with Crippen molar-refractivity contribution in [3.05, 3.63) is 39.9 Å². The molecule has 0 aromatic heterocycles. The van der Waals surface area contributed by atoms with Gasteiger partial charge in [0.25, 0.3) is 5.69 Å². The molecule has 19 heavy (non-hydrogen) atoms. The van der Waals surface area contributed by atoms with Crippen LogP contribution in [-0.4, -0.2) is 30.0 Å². The summed E-state index contributed by atoms with van der Waals surface area (Å²) in [5.74, 6) is 0.0220. The van der Waals surface area contributed by atoms with Crippen LogP contribution in [0.25, 0.3) is 0 Å². The molecule has 6 heteroatoms. The van der Waals surface area contributed by atoms with Crippen molar-refractivity contribution >= 4 is 11.6 Å². The van der Waals surface area contributed by atoms with Crippen molar-refractivity contribution < 1.29 is 9.72 Å². The molecular formula is C13H17N3O3. The molecule has 0 bridgehead atoms. The number of hydrogen-bond donors (Lipinski definition) is 2. The monoisotopic (exact) mass is 263 g/mol. The van der Waals surface area contributed by atoms with E-state index < -0.39 is 0 Å². The Morgan fingerprint density at radius 3 is 2.95 bits per heavy atom. The number of benzene rings is 1. The molecule has 0 radical (unpaired) electrons. The summed E-state index contributed by atoms with van der Waals surface area (Å²) >= 11 is 0. The third kappa shape index (κ3) is 3.51. The summed E-state index contributed by atoms with van der Waals surface area (Å²) in [6.45, 7) is 1.30. The molecule has 1 aliphatic rings. The molecule has 1 unspecified atom stereocenters. The van der Waals surface area contributed by atoms with Gasteiger partial charge in [-0.2, -0.15) is 0 Å². The number of nitrogens with zero attached hydrogens (tertiary/aromatic N) is 1. The van der Waals surface area contributed by atoms with E-state index in [0.717, 1.165) is 19.4 Å². The van der Waals surface area contributed by atoms with Gasteiger partial charge in [0.15, 0.2) is 0 Å². The number of para-hydroxylation sites is 1. The summed E-state index contributed by atoms with van der Waals surface area (Å²) in [6, 6.07) is 6.53. The minimum absolute atomic E-state index is 0.0220. The van der Waals surface area contributed by atoms with Crippen molar-refractivity contribution in [3.8, 4) is 0 Å². The Labute approximate surface area is 111 Å². The summed E-state index contributed by atoms with van der Waals surface area (Å²) in [5.41, 5.74) is 0.827. The van der Waals surface area contributed by atoms with Crippen molar-refractivity contribution in [2.75, 3.05) is 13.1 Å². The van der Waals surface area contributed by atoms with Crippen molar-refractivity contribution in [1.29, 1.82) is 0 Å². The Bertz CT molecular complexity index is 476. The summed E-state index contributed by atoms with van der Waals surface area (Å²) < 4.78 is 0. The fourth-order valence-corrected chi connectivity index (χ4v) is 2.25. The first-order chi connectivity index (χ1) is 9.18. The Morgan fingerprint density at radius 1 is 1.42 bits per heavy atom. The lowest BCUT2D eigenvalue weighted by Gasteiger charge is -2.22. The molecule has 2 N–H and O–H groups in total. The minimum Gasteiger partial charge on any atom is -0.355 e. The van der Waals surface area contributed by atoms with Crippen LogP contribution >= 0.6 is 0 Å². The predicted octanol–water partition coefficient (Wildman–Crippen LogP) is 1.01. The van der Waals surface area contributed by atoms with E-state index in [1.807, 2.05) is 0 Å². The fourth-order valence-electron chi connectivity index (χ4n) is 2.25. The van der Waals surface area contributed by atoms with Crippen molar-refractivity contribution in [1.82, 2.24) is 10.6 Å². The summed E-state index contributed by atoms with van der Waals surface area (Å²) in [4.78, 5) is 22.0. The van der Waals surface area contributed by atoms with Crippen LogP contribution in [0.1, 0.15) is 18.4 Å². The van der Waals surface area contributed by atoms with Crippen LogP contribution in [0.4, 0.5) is 5.69 Å².